The largest absolute Gasteiger partial charge is 0.489 e. The summed E-state index contributed by atoms with van der Waals surface area (Å²) in [4.78, 5) is 28.2. The van der Waals surface area contributed by atoms with Crippen LogP contribution < -0.4 is 10.1 Å². The van der Waals surface area contributed by atoms with Gasteiger partial charge in [0.1, 0.15) is 18.4 Å². The summed E-state index contributed by atoms with van der Waals surface area (Å²) in [6, 6.07) is 19.0. The molecule has 0 saturated heterocycles. The number of aliphatic carboxylic acids is 1. The van der Waals surface area contributed by atoms with Gasteiger partial charge in [-0.1, -0.05) is 42.5 Å². The Morgan fingerprint density at radius 3 is 2.52 bits per heavy atom. The molecule has 6 nitrogen and oxygen atoms in total. The van der Waals surface area contributed by atoms with Crippen molar-refractivity contribution < 1.29 is 19.4 Å². The normalized spacial score (nSPS) is 11.4. The van der Waals surface area contributed by atoms with Crippen molar-refractivity contribution in [3.05, 3.63) is 95.8 Å². The van der Waals surface area contributed by atoms with Crippen molar-refractivity contribution in [2.24, 2.45) is 0 Å². The second kappa shape index (κ2) is 10.0. The Hall–Kier alpha value is -3.67. The van der Waals surface area contributed by atoms with Gasteiger partial charge in [0.05, 0.1) is 0 Å². The summed E-state index contributed by atoms with van der Waals surface area (Å²) in [5, 5.41) is 12.1. The minimum atomic E-state index is -1.06. The van der Waals surface area contributed by atoms with Crippen molar-refractivity contribution in [2.75, 3.05) is 0 Å². The lowest BCUT2D eigenvalue weighted by Crippen LogP contribution is -2.41. The van der Waals surface area contributed by atoms with E-state index < -0.39 is 17.9 Å². The standard InChI is InChI=1S/C23H22N2O4/c26-22(25-21(23(27)28)12-11-17-6-2-1-3-7-17)19-9-4-10-20(14-19)29-16-18-8-5-13-24-15-18/h1-10,13-15,21H,11-12,16H2,(H,25,26)(H,27,28)/t21-/m0/s1. The Labute approximate surface area is 169 Å². The monoisotopic (exact) mass is 390 g/mol. The first-order valence-electron chi connectivity index (χ1n) is 9.31. The second-order valence-electron chi connectivity index (χ2n) is 6.57. The van der Waals surface area contributed by atoms with Gasteiger partial charge in [0.2, 0.25) is 0 Å². The zero-order valence-corrected chi connectivity index (χ0v) is 15.8. The molecule has 3 rings (SSSR count). The summed E-state index contributed by atoms with van der Waals surface area (Å²) >= 11 is 0. The van der Waals surface area contributed by atoms with E-state index in [2.05, 4.69) is 10.3 Å². The highest BCUT2D eigenvalue weighted by molar-refractivity contribution is 5.96. The maximum absolute atomic E-state index is 12.6. The van der Waals surface area contributed by atoms with Crippen LogP contribution in [0.25, 0.3) is 0 Å². The summed E-state index contributed by atoms with van der Waals surface area (Å²) in [6.07, 6.45) is 4.26. The quantitative estimate of drug-likeness (QED) is 0.584. The minimum absolute atomic E-state index is 0.308. The van der Waals surface area contributed by atoms with Gasteiger partial charge in [0.15, 0.2) is 0 Å². The summed E-state index contributed by atoms with van der Waals surface area (Å²) in [7, 11) is 0. The predicted octanol–water partition coefficient (Wildman–Crippen LogP) is 3.48. The van der Waals surface area contributed by atoms with E-state index in [1.807, 2.05) is 42.5 Å². The first-order chi connectivity index (χ1) is 14.1. The molecule has 6 heteroatoms. The number of hydrogen-bond donors (Lipinski definition) is 2. The molecule has 0 unspecified atom stereocenters. The lowest BCUT2D eigenvalue weighted by molar-refractivity contribution is -0.139. The smallest absolute Gasteiger partial charge is 0.326 e. The van der Waals surface area contributed by atoms with Crippen LogP contribution in [0, 0.1) is 0 Å². The van der Waals surface area contributed by atoms with Gasteiger partial charge < -0.3 is 15.2 Å². The molecule has 1 aromatic heterocycles. The Kier molecular flexibility index (Phi) is 6.95. The summed E-state index contributed by atoms with van der Waals surface area (Å²) in [5.41, 5.74) is 2.28. The molecule has 1 amide bonds. The number of nitrogens with one attached hydrogen (secondary N) is 1. The van der Waals surface area contributed by atoms with Crippen molar-refractivity contribution in [1.29, 1.82) is 0 Å². The molecule has 29 heavy (non-hydrogen) atoms. The second-order valence-corrected chi connectivity index (χ2v) is 6.57. The maximum atomic E-state index is 12.6. The summed E-state index contributed by atoms with van der Waals surface area (Å²) < 4.78 is 5.70. The first-order valence-corrected chi connectivity index (χ1v) is 9.31. The average Bonchev–Trinajstić information content (AvgIpc) is 2.76. The van der Waals surface area contributed by atoms with Gasteiger partial charge in [0.25, 0.3) is 5.91 Å². The molecule has 2 aromatic carbocycles. The van der Waals surface area contributed by atoms with Gasteiger partial charge in [-0.3, -0.25) is 9.78 Å². The number of carbonyl (C=O) groups is 2. The molecular weight excluding hydrogens is 368 g/mol. The fraction of sp³-hybridized carbons (Fsp3) is 0.174. The SMILES string of the molecule is O=C(N[C@@H](CCc1ccccc1)C(=O)O)c1cccc(OCc2cccnc2)c1. The van der Waals surface area contributed by atoms with Gasteiger partial charge in [-0.2, -0.15) is 0 Å². The highest BCUT2D eigenvalue weighted by Gasteiger charge is 2.20. The van der Waals surface area contributed by atoms with E-state index in [1.165, 1.54) is 0 Å². The lowest BCUT2D eigenvalue weighted by Gasteiger charge is -2.15. The van der Waals surface area contributed by atoms with E-state index in [1.54, 1.807) is 36.7 Å². The van der Waals surface area contributed by atoms with Crippen molar-refractivity contribution in [3.8, 4) is 5.75 Å². The van der Waals surface area contributed by atoms with Crippen LogP contribution in [0.1, 0.15) is 27.9 Å². The average molecular weight is 390 g/mol. The van der Waals surface area contributed by atoms with E-state index in [9.17, 15) is 14.7 Å². The molecule has 0 radical (unpaired) electrons. The van der Waals surface area contributed by atoms with Gasteiger partial charge in [-0.25, -0.2) is 4.79 Å². The first kappa shape index (κ1) is 20.1. The molecule has 0 fully saturated rings. The lowest BCUT2D eigenvalue weighted by atomic mass is 10.0. The van der Waals surface area contributed by atoms with Gasteiger partial charge in [0, 0.05) is 23.5 Å². The fourth-order valence-electron chi connectivity index (χ4n) is 2.83. The Bertz CT molecular complexity index is 945. The van der Waals surface area contributed by atoms with Crippen LogP contribution in [0.5, 0.6) is 5.75 Å². The van der Waals surface area contributed by atoms with Crippen LogP contribution in [0.4, 0.5) is 0 Å². The number of hydrogen-bond acceptors (Lipinski definition) is 4. The summed E-state index contributed by atoms with van der Waals surface area (Å²) in [5.74, 6) is -0.979. The number of pyridine rings is 1. The topological polar surface area (TPSA) is 88.5 Å². The van der Waals surface area contributed by atoms with Crippen molar-refractivity contribution in [3.63, 3.8) is 0 Å². The molecule has 1 atom stereocenters. The highest BCUT2D eigenvalue weighted by Crippen LogP contribution is 2.16. The maximum Gasteiger partial charge on any atom is 0.326 e. The van der Waals surface area contributed by atoms with Crippen LogP contribution in [0.2, 0.25) is 0 Å². The summed E-state index contributed by atoms with van der Waals surface area (Å²) in [6.45, 7) is 0.327. The number of carboxylic acid groups (broad SMARTS) is 1. The van der Waals surface area contributed by atoms with Crippen molar-refractivity contribution in [1.82, 2.24) is 10.3 Å². The Morgan fingerprint density at radius 1 is 1.00 bits per heavy atom. The van der Waals surface area contributed by atoms with Crippen LogP contribution >= 0.6 is 0 Å². The van der Waals surface area contributed by atoms with Crippen LogP contribution in [-0.2, 0) is 17.8 Å². The van der Waals surface area contributed by atoms with Gasteiger partial charge in [-0.15, -0.1) is 0 Å². The third kappa shape index (κ3) is 6.17. The van der Waals surface area contributed by atoms with Crippen molar-refractivity contribution in [2.45, 2.75) is 25.5 Å². The number of amides is 1. The molecule has 1 heterocycles. The molecule has 0 spiro atoms. The number of carboxylic acids is 1. The highest BCUT2D eigenvalue weighted by atomic mass is 16.5. The van der Waals surface area contributed by atoms with E-state index in [4.69, 9.17) is 4.74 Å². The fourth-order valence-corrected chi connectivity index (χ4v) is 2.83. The third-order valence-corrected chi connectivity index (χ3v) is 4.39. The van der Waals surface area contributed by atoms with E-state index in [-0.39, 0.29) is 0 Å². The number of nitrogens with zero attached hydrogens (tertiary/aromatic N) is 1. The zero-order chi connectivity index (χ0) is 20.5. The van der Waals surface area contributed by atoms with E-state index in [0.717, 1.165) is 11.1 Å². The number of ether oxygens (including phenoxy) is 1. The molecule has 0 aliphatic carbocycles. The van der Waals surface area contributed by atoms with Crippen molar-refractivity contribution >= 4 is 11.9 Å². The molecular formula is C23H22N2O4. The minimum Gasteiger partial charge on any atom is -0.489 e. The Balaban J connectivity index is 1.60. The van der Waals surface area contributed by atoms with Gasteiger partial charge in [-0.05, 0) is 42.7 Å². The molecule has 148 valence electrons. The Morgan fingerprint density at radius 2 is 1.79 bits per heavy atom. The molecule has 0 bridgehead atoms. The third-order valence-electron chi connectivity index (χ3n) is 4.39. The van der Waals surface area contributed by atoms with E-state index >= 15 is 0 Å². The number of aryl methyl sites for hydroxylation is 1. The number of rotatable bonds is 9. The van der Waals surface area contributed by atoms with Crippen LogP contribution in [0.15, 0.2) is 79.1 Å². The molecule has 0 aliphatic heterocycles. The number of carbonyl (C=O) groups excluding carboxylic acids is 1. The van der Waals surface area contributed by atoms with Gasteiger partial charge >= 0.3 is 5.97 Å². The number of aromatic nitrogens is 1. The van der Waals surface area contributed by atoms with E-state index in [0.29, 0.717) is 30.8 Å². The van der Waals surface area contributed by atoms with Crippen LogP contribution in [-0.4, -0.2) is 28.0 Å². The molecule has 2 N–H and O–H groups in total. The van der Waals surface area contributed by atoms with Crippen LogP contribution in [0.3, 0.4) is 0 Å². The number of benzene rings is 2. The molecule has 3 aromatic rings. The predicted molar refractivity (Wildman–Crippen MR) is 109 cm³/mol. The zero-order valence-electron chi connectivity index (χ0n) is 15.8. The molecule has 0 saturated carbocycles. The molecule has 0 aliphatic rings.